The van der Waals surface area contributed by atoms with Gasteiger partial charge in [-0.2, -0.15) is 4.98 Å². The number of thiophene rings is 1. The van der Waals surface area contributed by atoms with Crippen molar-refractivity contribution < 1.29 is 17.7 Å². The number of amides is 1. The highest BCUT2D eigenvalue weighted by atomic mass is 32.2. The molecule has 2 aliphatic rings. The number of nitrogens with zero attached hydrogens (tertiary/aromatic N) is 3. The summed E-state index contributed by atoms with van der Waals surface area (Å²) in [6.07, 6.45) is 5.97. The largest absolute Gasteiger partial charge is 0.334 e. The number of carbonyl (C=O) groups excluding carboxylic acids is 1. The smallest absolute Gasteiger partial charge is 0.316 e. The molecule has 3 aromatic rings. The van der Waals surface area contributed by atoms with Gasteiger partial charge in [0, 0.05) is 18.0 Å². The molecule has 10 heteroatoms. The fourth-order valence-corrected chi connectivity index (χ4v) is 7.00. The van der Waals surface area contributed by atoms with Gasteiger partial charge < -0.3 is 9.42 Å². The number of likely N-dealkylation sites (tertiary alicyclic amines) is 1. The highest BCUT2D eigenvalue weighted by Crippen LogP contribution is 2.35. The highest BCUT2D eigenvalue weighted by molar-refractivity contribution is 7.93. The molecule has 0 atom stereocenters. The molecule has 0 radical (unpaired) electrons. The van der Waals surface area contributed by atoms with Crippen LogP contribution in [0.5, 0.6) is 0 Å². The van der Waals surface area contributed by atoms with Gasteiger partial charge in [-0.25, -0.2) is 8.42 Å². The van der Waals surface area contributed by atoms with E-state index < -0.39 is 10.0 Å². The van der Waals surface area contributed by atoms with Gasteiger partial charge in [-0.05, 0) is 68.7 Å². The number of benzene rings is 1. The molecule has 3 heterocycles. The van der Waals surface area contributed by atoms with Crippen molar-refractivity contribution in [3.05, 3.63) is 46.2 Å². The molecule has 168 valence electrons. The number of aromatic nitrogens is 2. The van der Waals surface area contributed by atoms with E-state index in [1.807, 2.05) is 12.1 Å². The number of sulfonamides is 1. The lowest BCUT2D eigenvalue weighted by atomic mass is 9.91. The van der Waals surface area contributed by atoms with Crippen LogP contribution >= 0.6 is 11.3 Å². The first-order valence-electron chi connectivity index (χ1n) is 10.8. The van der Waals surface area contributed by atoms with Gasteiger partial charge in [0.05, 0.1) is 10.6 Å². The van der Waals surface area contributed by atoms with Crippen LogP contribution in [-0.4, -0.2) is 42.5 Å². The molecule has 1 N–H and O–H groups in total. The molecule has 0 spiro atoms. The summed E-state index contributed by atoms with van der Waals surface area (Å²) >= 11 is 1.26. The first-order valence-corrected chi connectivity index (χ1v) is 13.1. The standard InChI is InChI=1S/C22H24N4O4S2/c1-14-19(32(28,29)25-17-10-6-8-15-7-2-3-9-16(15)17)13-18(31-14)20-23-21(30-24-20)22(27)26-11-4-5-12-26/h6,8,10,13,25H,2-5,7,9,11-12H2,1H3. The third-order valence-corrected chi connectivity index (χ3v) is 8.69. The quantitative estimate of drug-likeness (QED) is 0.601. The summed E-state index contributed by atoms with van der Waals surface area (Å²) in [6.45, 7) is 3.12. The summed E-state index contributed by atoms with van der Waals surface area (Å²) in [4.78, 5) is 19.7. The number of hydrogen-bond acceptors (Lipinski definition) is 7. The molecule has 1 saturated heterocycles. The number of rotatable bonds is 5. The highest BCUT2D eigenvalue weighted by Gasteiger charge is 2.27. The lowest BCUT2D eigenvalue weighted by Gasteiger charge is -2.20. The van der Waals surface area contributed by atoms with E-state index in [9.17, 15) is 13.2 Å². The molecule has 0 bridgehead atoms. The topological polar surface area (TPSA) is 105 Å². The fraction of sp³-hybridized carbons (Fsp3) is 0.409. The minimum Gasteiger partial charge on any atom is -0.334 e. The van der Waals surface area contributed by atoms with E-state index in [1.54, 1.807) is 17.9 Å². The van der Waals surface area contributed by atoms with Crippen LogP contribution in [-0.2, 0) is 22.9 Å². The molecule has 2 aromatic heterocycles. The normalized spacial score (nSPS) is 16.2. The maximum Gasteiger partial charge on any atom is 0.316 e. The Labute approximate surface area is 190 Å². The van der Waals surface area contributed by atoms with E-state index in [0.29, 0.717) is 28.5 Å². The molecule has 8 nitrogen and oxygen atoms in total. The third-order valence-electron chi connectivity index (χ3n) is 6.02. The van der Waals surface area contributed by atoms with Crippen LogP contribution in [0.3, 0.4) is 0 Å². The van der Waals surface area contributed by atoms with Crippen molar-refractivity contribution in [2.45, 2.75) is 50.3 Å². The van der Waals surface area contributed by atoms with Gasteiger partial charge >= 0.3 is 11.8 Å². The molecule has 5 rings (SSSR count). The number of fused-ring (bicyclic) bond motifs is 1. The van der Waals surface area contributed by atoms with Gasteiger partial charge in [-0.1, -0.05) is 17.3 Å². The van der Waals surface area contributed by atoms with Gasteiger partial charge in [0.1, 0.15) is 4.90 Å². The lowest BCUT2D eigenvalue weighted by molar-refractivity contribution is 0.0743. The van der Waals surface area contributed by atoms with Crippen LogP contribution in [0.15, 0.2) is 33.7 Å². The maximum absolute atomic E-state index is 13.2. The Morgan fingerprint density at radius 1 is 1.16 bits per heavy atom. The predicted octanol–water partition coefficient (Wildman–Crippen LogP) is 4.02. The second-order valence-electron chi connectivity index (χ2n) is 8.21. The Morgan fingerprint density at radius 2 is 1.94 bits per heavy atom. The average Bonchev–Trinajstić information content (AvgIpc) is 3.54. The zero-order valence-electron chi connectivity index (χ0n) is 17.8. The zero-order valence-corrected chi connectivity index (χ0v) is 19.4. The van der Waals surface area contributed by atoms with Gasteiger partial charge in [0.15, 0.2) is 0 Å². The van der Waals surface area contributed by atoms with E-state index in [0.717, 1.165) is 44.1 Å². The second-order valence-corrected chi connectivity index (χ2v) is 11.1. The zero-order chi connectivity index (χ0) is 22.3. The van der Waals surface area contributed by atoms with Crippen LogP contribution in [0.4, 0.5) is 5.69 Å². The van der Waals surface area contributed by atoms with Crippen molar-refractivity contribution in [3.63, 3.8) is 0 Å². The fourth-order valence-electron chi connectivity index (χ4n) is 4.38. The van der Waals surface area contributed by atoms with Crippen molar-refractivity contribution >= 4 is 33.0 Å². The SMILES string of the molecule is Cc1sc(-c2noc(C(=O)N3CCCC3)n2)cc1S(=O)(=O)Nc1cccc2c1CCCC2. The third kappa shape index (κ3) is 3.93. The number of anilines is 1. The first kappa shape index (κ1) is 21.1. The molecule has 1 amide bonds. The molecule has 1 aliphatic heterocycles. The lowest BCUT2D eigenvalue weighted by Crippen LogP contribution is -2.27. The van der Waals surface area contributed by atoms with Crippen LogP contribution in [0.1, 0.15) is 52.4 Å². The Morgan fingerprint density at radius 3 is 2.75 bits per heavy atom. The summed E-state index contributed by atoms with van der Waals surface area (Å²) in [5.41, 5.74) is 2.94. The Kier molecular flexibility index (Phi) is 5.50. The van der Waals surface area contributed by atoms with Gasteiger partial charge in [-0.3, -0.25) is 9.52 Å². The minimum absolute atomic E-state index is 0.0635. The van der Waals surface area contributed by atoms with Crippen LogP contribution in [0.2, 0.25) is 0 Å². The Hall–Kier alpha value is -2.72. The molecule has 0 saturated carbocycles. The van der Waals surface area contributed by atoms with Crippen molar-refractivity contribution in [1.82, 2.24) is 15.0 Å². The van der Waals surface area contributed by atoms with Crippen LogP contribution in [0.25, 0.3) is 10.7 Å². The van der Waals surface area contributed by atoms with E-state index in [-0.39, 0.29) is 22.5 Å². The van der Waals surface area contributed by atoms with Crippen molar-refractivity contribution in [2.24, 2.45) is 0 Å². The minimum atomic E-state index is -3.79. The second kappa shape index (κ2) is 8.32. The summed E-state index contributed by atoms with van der Waals surface area (Å²) < 4.78 is 34.4. The van der Waals surface area contributed by atoms with E-state index >= 15 is 0 Å². The number of carbonyl (C=O) groups is 1. The van der Waals surface area contributed by atoms with Crippen LogP contribution < -0.4 is 4.72 Å². The molecule has 0 unspecified atom stereocenters. The van der Waals surface area contributed by atoms with Crippen molar-refractivity contribution in [1.29, 1.82) is 0 Å². The molecule has 1 aliphatic carbocycles. The molecular weight excluding hydrogens is 448 g/mol. The average molecular weight is 473 g/mol. The van der Waals surface area contributed by atoms with Gasteiger partial charge in [0.2, 0.25) is 5.82 Å². The molecular formula is C22H24N4O4S2. The molecule has 1 fully saturated rings. The Bertz CT molecular complexity index is 1270. The summed E-state index contributed by atoms with van der Waals surface area (Å²) in [5, 5.41) is 3.92. The van der Waals surface area contributed by atoms with E-state index in [1.165, 1.54) is 16.9 Å². The summed E-state index contributed by atoms with van der Waals surface area (Å²) in [6, 6.07) is 7.33. The van der Waals surface area contributed by atoms with Crippen molar-refractivity contribution in [3.8, 4) is 10.7 Å². The van der Waals surface area contributed by atoms with Gasteiger partial charge in [0.25, 0.3) is 10.0 Å². The van der Waals surface area contributed by atoms with Gasteiger partial charge in [-0.15, -0.1) is 11.3 Å². The number of hydrogen-bond donors (Lipinski definition) is 1. The number of aryl methyl sites for hydroxylation is 2. The van der Waals surface area contributed by atoms with Crippen molar-refractivity contribution in [2.75, 3.05) is 17.8 Å². The molecule has 32 heavy (non-hydrogen) atoms. The Balaban J connectivity index is 1.40. The van der Waals surface area contributed by atoms with E-state index in [2.05, 4.69) is 20.9 Å². The monoisotopic (exact) mass is 472 g/mol. The first-order chi connectivity index (χ1) is 15.4. The molecule has 1 aromatic carbocycles. The summed E-state index contributed by atoms with van der Waals surface area (Å²) in [7, 11) is -3.79. The predicted molar refractivity (Wildman–Crippen MR) is 121 cm³/mol. The van der Waals surface area contributed by atoms with Crippen LogP contribution in [0, 0.1) is 6.92 Å². The number of nitrogens with one attached hydrogen (secondary N) is 1. The maximum atomic E-state index is 13.2. The van der Waals surface area contributed by atoms with E-state index in [4.69, 9.17) is 4.52 Å². The summed E-state index contributed by atoms with van der Waals surface area (Å²) in [5.74, 6) is -0.122.